The number of halogens is 6. The summed E-state index contributed by atoms with van der Waals surface area (Å²) in [6.07, 6.45) is -6.90. The van der Waals surface area contributed by atoms with Crippen LogP contribution in [0.4, 0.5) is 32.0 Å². The summed E-state index contributed by atoms with van der Waals surface area (Å²) < 4.78 is 77.9. The van der Waals surface area contributed by atoms with Crippen molar-refractivity contribution in [1.82, 2.24) is 15.3 Å². The van der Waals surface area contributed by atoms with Gasteiger partial charge in [-0.15, -0.1) is 0 Å². The highest BCUT2D eigenvalue weighted by atomic mass is 19.4. The van der Waals surface area contributed by atoms with Crippen molar-refractivity contribution in [1.29, 1.82) is 0 Å². The minimum atomic E-state index is -4.65. The maximum absolute atomic E-state index is 13.1. The highest BCUT2D eigenvalue weighted by molar-refractivity contribution is 6.00. The molecule has 2 aromatic heterocycles. The van der Waals surface area contributed by atoms with Crippen LogP contribution in [0.3, 0.4) is 0 Å². The summed E-state index contributed by atoms with van der Waals surface area (Å²) in [4.78, 5) is 11.2. The standard InChI is InChI=1S/C19H18F6N6/c1-10(2)17(26)9-13(12-4-3-5-14(29-12)18(20,21)22)30-16(31-17)28-11-6-7-27-15(8-11)19(23,24)25/h3-10H,26H2,1-2H3,(H2,27,28,30,31). The van der Waals surface area contributed by atoms with E-state index < -0.39 is 29.4 Å². The van der Waals surface area contributed by atoms with Crippen molar-refractivity contribution in [3.05, 3.63) is 59.7 Å². The lowest BCUT2D eigenvalue weighted by Crippen LogP contribution is -2.49. The normalized spacial score (nSPS) is 19.5. The number of rotatable bonds is 3. The van der Waals surface area contributed by atoms with Crippen LogP contribution in [0.2, 0.25) is 0 Å². The fourth-order valence-electron chi connectivity index (χ4n) is 2.68. The maximum atomic E-state index is 13.1. The van der Waals surface area contributed by atoms with Gasteiger partial charge in [0.15, 0.2) is 0 Å². The van der Waals surface area contributed by atoms with Gasteiger partial charge >= 0.3 is 12.4 Å². The molecule has 12 heteroatoms. The molecule has 0 fully saturated rings. The Bertz CT molecular complexity index is 1030. The van der Waals surface area contributed by atoms with Crippen molar-refractivity contribution in [3.8, 4) is 0 Å². The zero-order valence-corrected chi connectivity index (χ0v) is 16.3. The first kappa shape index (κ1) is 22.5. The molecule has 0 spiro atoms. The van der Waals surface area contributed by atoms with Gasteiger partial charge in [0.2, 0.25) is 5.96 Å². The number of pyridine rings is 2. The van der Waals surface area contributed by atoms with Crippen molar-refractivity contribution in [2.75, 3.05) is 5.32 Å². The van der Waals surface area contributed by atoms with Gasteiger partial charge in [0.1, 0.15) is 17.1 Å². The smallest absolute Gasteiger partial charge is 0.326 e. The molecule has 1 aliphatic heterocycles. The van der Waals surface area contributed by atoms with Gasteiger partial charge in [-0.05, 0) is 36.3 Å². The topological polar surface area (TPSA) is 88.2 Å². The molecule has 0 aromatic carbocycles. The third kappa shape index (κ3) is 5.13. The zero-order valence-electron chi connectivity index (χ0n) is 16.3. The Morgan fingerprint density at radius 2 is 1.71 bits per heavy atom. The van der Waals surface area contributed by atoms with Gasteiger partial charge in [-0.2, -0.15) is 26.3 Å². The fraction of sp³-hybridized carbons (Fsp3) is 0.316. The van der Waals surface area contributed by atoms with Crippen LogP contribution in [0.25, 0.3) is 5.70 Å². The van der Waals surface area contributed by atoms with E-state index >= 15 is 0 Å². The first-order chi connectivity index (χ1) is 14.3. The molecule has 166 valence electrons. The van der Waals surface area contributed by atoms with Gasteiger partial charge in [0, 0.05) is 11.9 Å². The molecule has 4 N–H and O–H groups in total. The number of nitrogens with two attached hydrogens (primary N) is 1. The lowest BCUT2D eigenvalue weighted by Gasteiger charge is -2.33. The summed E-state index contributed by atoms with van der Waals surface area (Å²) in [5.41, 5.74) is 2.84. The van der Waals surface area contributed by atoms with E-state index in [4.69, 9.17) is 5.73 Å². The number of nitrogens with one attached hydrogen (secondary N) is 2. The second-order valence-electron chi connectivity index (χ2n) is 7.14. The minimum Gasteiger partial charge on any atom is -0.326 e. The van der Waals surface area contributed by atoms with Crippen molar-refractivity contribution >= 4 is 17.3 Å². The summed E-state index contributed by atoms with van der Waals surface area (Å²) in [7, 11) is 0. The Morgan fingerprint density at radius 3 is 2.32 bits per heavy atom. The quantitative estimate of drug-likeness (QED) is 0.617. The highest BCUT2D eigenvalue weighted by Gasteiger charge is 2.35. The molecule has 6 nitrogen and oxygen atoms in total. The Balaban J connectivity index is 1.97. The van der Waals surface area contributed by atoms with E-state index in [2.05, 4.69) is 25.6 Å². The number of aliphatic imine (C=N–C) groups is 1. The Labute approximate surface area is 173 Å². The molecule has 1 unspecified atom stereocenters. The van der Waals surface area contributed by atoms with Crippen LogP contribution in [0.1, 0.15) is 30.9 Å². The van der Waals surface area contributed by atoms with Gasteiger partial charge in [0.05, 0.1) is 11.4 Å². The van der Waals surface area contributed by atoms with E-state index in [1.165, 1.54) is 24.3 Å². The third-order valence-electron chi connectivity index (χ3n) is 4.49. The second kappa shape index (κ2) is 7.84. The summed E-state index contributed by atoms with van der Waals surface area (Å²) in [6.45, 7) is 3.49. The van der Waals surface area contributed by atoms with Gasteiger partial charge in [-0.3, -0.25) is 4.98 Å². The second-order valence-corrected chi connectivity index (χ2v) is 7.14. The van der Waals surface area contributed by atoms with Crippen molar-refractivity contribution in [2.45, 2.75) is 31.9 Å². The Hall–Kier alpha value is -3.15. The molecule has 0 amide bonds. The average Bonchev–Trinajstić information content (AvgIpc) is 2.66. The fourth-order valence-corrected chi connectivity index (χ4v) is 2.68. The van der Waals surface area contributed by atoms with Crippen LogP contribution in [-0.2, 0) is 12.4 Å². The van der Waals surface area contributed by atoms with Crippen LogP contribution in [0.15, 0.2) is 47.6 Å². The third-order valence-corrected chi connectivity index (χ3v) is 4.49. The van der Waals surface area contributed by atoms with Crippen LogP contribution in [0.5, 0.6) is 0 Å². The minimum absolute atomic E-state index is 0.0120. The molecular weight excluding hydrogens is 426 g/mol. The molecule has 2 aromatic rings. The largest absolute Gasteiger partial charge is 0.433 e. The first-order valence-electron chi connectivity index (χ1n) is 9.01. The maximum Gasteiger partial charge on any atom is 0.433 e. The predicted molar refractivity (Wildman–Crippen MR) is 102 cm³/mol. The number of aromatic nitrogens is 2. The van der Waals surface area contributed by atoms with E-state index in [0.29, 0.717) is 0 Å². The molecule has 1 atom stereocenters. The van der Waals surface area contributed by atoms with E-state index in [1.54, 1.807) is 13.8 Å². The van der Waals surface area contributed by atoms with Gasteiger partial charge in [0.25, 0.3) is 0 Å². The summed E-state index contributed by atoms with van der Waals surface area (Å²) in [5, 5.41) is 5.43. The lowest BCUT2D eigenvalue weighted by atomic mass is 9.94. The van der Waals surface area contributed by atoms with Crippen molar-refractivity contribution in [3.63, 3.8) is 0 Å². The lowest BCUT2D eigenvalue weighted by molar-refractivity contribution is -0.141. The number of hydrogen-bond acceptors (Lipinski definition) is 6. The average molecular weight is 444 g/mol. The number of guanidine groups is 1. The number of hydrogen-bond donors (Lipinski definition) is 3. The predicted octanol–water partition coefficient (Wildman–Crippen LogP) is 4.24. The number of alkyl halides is 6. The molecule has 0 aliphatic carbocycles. The van der Waals surface area contributed by atoms with E-state index in [-0.39, 0.29) is 29.0 Å². The number of anilines is 1. The Morgan fingerprint density at radius 1 is 1.03 bits per heavy atom. The summed E-state index contributed by atoms with van der Waals surface area (Å²) in [5.74, 6) is -0.345. The van der Waals surface area contributed by atoms with Crippen LogP contribution >= 0.6 is 0 Å². The van der Waals surface area contributed by atoms with Gasteiger partial charge in [-0.25, -0.2) is 9.98 Å². The van der Waals surface area contributed by atoms with Crippen LogP contribution < -0.4 is 16.4 Å². The first-order valence-corrected chi connectivity index (χ1v) is 9.01. The van der Waals surface area contributed by atoms with E-state index in [0.717, 1.165) is 18.3 Å². The van der Waals surface area contributed by atoms with E-state index in [9.17, 15) is 26.3 Å². The van der Waals surface area contributed by atoms with Crippen molar-refractivity contribution in [2.24, 2.45) is 16.6 Å². The Kier molecular flexibility index (Phi) is 5.70. The van der Waals surface area contributed by atoms with Crippen molar-refractivity contribution < 1.29 is 26.3 Å². The molecule has 3 heterocycles. The molecule has 1 aliphatic rings. The van der Waals surface area contributed by atoms with Gasteiger partial charge < -0.3 is 16.4 Å². The molecule has 31 heavy (non-hydrogen) atoms. The van der Waals surface area contributed by atoms with Gasteiger partial charge in [-0.1, -0.05) is 19.9 Å². The van der Waals surface area contributed by atoms with E-state index in [1.807, 2.05) is 0 Å². The molecule has 0 bridgehead atoms. The SMILES string of the molecule is CC(C)C1(N)C=C(c2cccc(C(F)(F)F)n2)NC(Nc2ccnc(C(F)(F)F)c2)=N1. The molecule has 0 saturated carbocycles. The molecule has 3 rings (SSSR count). The monoisotopic (exact) mass is 444 g/mol. The van der Waals surface area contributed by atoms with Crippen LogP contribution in [-0.4, -0.2) is 21.6 Å². The summed E-state index contributed by atoms with van der Waals surface area (Å²) in [6, 6.07) is 5.43. The molecular formula is C19H18F6N6. The highest BCUT2D eigenvalue weighted by Crippen LogP contribution is 2.31. The zero-order chi connectivity index (χ0) is 23.0. The van der Waals surface area contributed by atoms with Crippen LogP contribution in [0, 0.1) is 5.92 Å². The number of nitrogens with zero attached hydrogens (tertiary/aromatic N) is 3. The molecule has 0 radical (unpaired) electrons. The molecule has 0 saturated heterocycles. The summed E-state index contributed by atoms with van der Waals surface area (Å²) >= 11 is 0.